The van der Waals surface area contributed by atoms with Crippen LogP contribution in [0.1, 0.15) is 102 Å². The van der Waals surface area contributed by atoms with Crippen molar-refractivity contribution in [1.82, 2.24) is 26.2 Å². The molecule has 2 aromatic rings. The van der Waals surface area contributed by atoms with Crippen LogP contribution in [0.5, 0.6) is 11.5 Å². The number of ether oxygens (including phenoxy) is 6. The lowest BCUT2D eigenvalue weighted by Crippen LogP contribution is -2.63. The number of benzene rings is 2. The van der Waals surface area contributed by atoms with E-state index >= 15 is 0 Å². The van der Waals surface area contributed by atoms with E-state index in [0.29, 0.717) is 43.4 Å². The van der Waals surface area contributed by atoms with Crippen LogP contribution in [0.4, 0.5) is 21.0 Å². The maximum Gasteiger partial charge on any atom is 0.409 e. The van der Waals surface area contributed by atoms with E-state index < -0.39 is 126 Å². The Balaban J connectivity index is 1.34. The number of carbonyl (C=O) groups is 9. The summed E-state index contributed by atoms with van der Waals surface area (Å²) in [5, 5.41) is 36.9. The molecule has 0 saturated carbocycles. The summed E-state index contributed by atoms with van der Waals surface area (Å²) in [6.07, 6.45) is 1.85. The standard InChI is InChI=1S/C60H82BrClN8O17/c1-32(2)50(65-39(31-71)17-12-13-23-84-55(77)34(4)30-61)53(75)67-41(18-15-22-64-57(63)79)52(74)66-40-21-20-38(27-43(40)72)54(76)69(8)36(6)56(78)86-47-28-48(73)70(9)42-25-37(26-44(82-10)49(42)62)24-33(3)16-14-19-46(83-11)60(81)29-45(85-58(80)68-60)35(5)51-59(47,7)87-51/h14,16,19-21,25-27,31-32,35-36,39,41,45-47,50-51,65,72,81H,4,12-13,15,17-18,22-24,28-30H2,1-3,5-11H3,(H,66,74)(H,67,75)(H,68,80)(H3,63,64,79)/b19-14+,33-16+/t35-,36+,39?,41+,45+,46-,47+,50+,51+,59+,60+/m1/s1. The number of aliphatic hydroxyl groups is 1. The van der Waals surface area contributed by atoms with E-state index in [4.69, 9.17) is 45.8 Å². The predicted octanol–water partition coefficient (Wildman–Crippen LogP) is 5.25. The molecule has 3 heterocycles. The number of epoxide rings is 1. The van der Waals surface area contributed by atoms with Crippen LogP contribution in [0.15, 0.2) is 66.3 Å². The number of rotatable bonds is 25. The number of alkyl carbamates (subject to hydrolysis) is 1. The monoisotopic (exact) mass is 1300 g/mol. The molecule has 87 heavy (non-hydrogen) atoms. The minimum Gasteiger partial charge on any atom is -0.506 e. The van der Waals surface area contributed by atoms with Crippen molar-refractivity contribution in [2.24, 2.45) is 17.6 Å². The number of amides is 7. The van der Waals surface area contributed by atoms with Gasteiger partial charge < -0.3 is 74.9 Å². The van der Waals surface area contributed by atoms with Gasteiger partial charge in [0.15, 0.2) is 5.72 Å². The van der Waals surface area contributed by atoms with Crippen LogP contribution in [0, 0.1) is 11.8 Å². The van der Waals surface area contributed by atoms with Gasteiger partial charge in [0.05, 0.1) is 49.7 Å². The molecular formula is C60H82BrClN8O17. The lowest BCUT2D eigenvalue weighted by atomic mass is 9.83. The minimum atomic E-state index is -1.93. The number of primary amides is 1. The van der Waals surface area contributed by atoms with Crippen molar-refractivity contribution in [3.8, 4) is 11.5 Å². The number of urea groups is 1. The number of phenols is 1. The van der Waals surface area contributed by atoms with Gasteiger partial charge >= 0.3 is 24.1 Å². The summed E-state index contributed by atoms with van der Waals surface area (Å²) in [6, 6.07) is 1.94. The number of hydrogen-bond donors (Lipinski definition) is 8. The second kappa shape index (κ2) is 31.7. The number of alkyl halides is 1. The largest absolute Gasteiger partial charge is 0.506 e. The Bertz CT molecular complexity index is 2950. The number of aldehydes is 1. The van der Waals surface area contributed by atoms with Crippen molar-refractivity contribution in [2.75, 3.05) is 57.0 Å². The fraction of sp³-hybridized carbons (Fsp3) is 0.550. The van der Waals surface area contributed by atoms with E-state index in [-0.39, 0.29) is 65.5 Å². The average molecular weight is 1300 g/mol. The van der Waals surface area contributed by atoms with Crippen LogP contribution in [0.2, 0.25) is 5.02 Å². The highest BCUT2D eigenvalue weighted by Crippen LogP contribution is 2.49. The molecule has 4 bridgehead atoms. The number of halogens is 2. The number of allylic oxidation sites excluding steroid dienone is 3. The molecule has 2 saturated heterocycles. The molecule has 9 N–H and O–H groups in total. The number of nitrogens with zero attached hydrogens (tertiary/aromatic N) is 2. The molecule has 3 aliphatic rings. The second-order valence-corrected chi connectivity index (χ2v) is 23.5. The van der Waals surface area contributed by atoms with Crippen molar-refractivity contribution >= 4 is 92.9 Å². The quantitative estimate of drug-likeness (QED) is 0.00919. The second-order valence-electron chi connectivity index (χ2n) is 22.5. The van der Waals surface area contributed by atoms with Crippen molar-refractivity contribution in [3.63, 3.8) is 0 Å². The molecule has 1 unspecified atom stereocenters. The van der Waals surface area contributed by atoms with Gasteiger partial charge in [-0.3, -0.25) is 29.8 Å². The minimum absolute atomic E-state index is 0.0206. The van der Waals surface area contributed by atoms with Crippen LogP contribution < -0.4 is 42.0 Å². The van der Waals surface area contributed by atoms with Crippen molar-refractivity contribution in [3.05, 3.63) is 82.4 Å². The number of esters is 2. The SMILES string of the molecule is C=C(CBr)C(=O)OCCCCC(C=O)N[C@H](C(=O)N[C@@H](CCCNC(N)=O)C(=O)Nc1ccc(C(=O)N(C)[C@@H](C)C(=O)O[C@H]2CC(=O)N(C)c3cc(cc(OC)c3Cl)C/C(C)=C/C=C/[C@@H](OC)[C@@]3(O)C[C@H](OC(=O)N3)[C@@H](C)[C@@H]3O[C@@]23C)cc1O)C(C)C. The Hall–Kier alpha value is -7.10. The molecule has 27 heteroatoms. The van der Waals surface area contributed by atoms with E-state index in [1.54, 1.807) is 52.0 Å². The third kappa shape index (κ3) is 18.7. The van der Waals surface area contributed by atoms with Crippen LogP contribution >= 0.6 is 27.5 Å². The highest BCUT2D eigenvalue weighted by Gasteiger charge is 2.64. The molecule has 11 atom stereocenters. The number of unbranched alkanes of at least 4 members (excludes halogenated alkanes) is 1. The fourth-order valence-corrected chi connectivity index (χ4v) is 10.7. The van der Waals surface area contributed by atoms with Gasteiger partial charge in [-0.2, -0.15) is 0 Å². The molecule has 3 aliphatic heterocycles. The van der Waals surface area contributed by atoms with Crippen LogP contribution in [0.25, 0.3) is 0 Å². The zero-order valence-corrected chi connectivity index (χ0v) is 53.0. The molecule has 0 radical (unpaired) electrons. The number of nitrogens with one attached hydrogen (secondary N) is 5. The molecule has 2 aromatic carbocycles. The molecule has 0 aliphatic carbocycles. The van der Waals surface area contributed by atoms with Crippen LogP contribution in [0.3, 0.4) is 0 Å². The molecule has 7 amide bonds. The molecule has 0 spiro atoms. The zero-order chi connectivity index (χ0) is 64.7. The molecule has 478 valence electrons. The number of hydrogen-bond acceptors (Lipinski definition) is 18. The smallest absolute Gasteiger partial charge is 0.409 e. The van der Waals surface area contributed by atoms with E-state index in [0.717, 1.165) is 22.1 Å². The third-order valence-corrected chi connectivity index (χ3v) is 16.7. The van der Waals surface area contributed by atoms with Gasteiger partial charge in [0.25, 0.3) is 5.91 Å². The van der Waals surface area contributed by atoms with Crippen LogP contribution in [-0.2, 0) is 58.9 Å². The summed E-state index contributed by atoms with van der Waals surface area (Å²) >= 11 is 9.99. The molecule has 25 nitrogen and oxygen atoms in total. The molecule has 5 rings (SSSR count). The predicted molar refractivity (Wildman–Crippen MR) is 325 cm³/mol. The Morgan fingerprint density at radius 1 is 1.07 bits per heavy atom. The average Bonchev–Trinajstić information content (AvgIpc) is 1.63. The summed E-state index contributed by atoms with van der Waals surface area (Å²) in [5.41, 5.74) is 3.78. The summed E-state index contributed by atoms with van der Waals surface area (Å²) in [7, 11) is 5.66. The van der Waals surface area contributed by atoms with Gasteiger partial charge in [-0.15, -0.1) is 0 Å². The van der Waals surface area contributed by atoms with Gasteiger partial charge in [-0.1, -0.05) is 78.7 Å². The number of methoxy groups -OCH3 is 2. The molecule has 2 fully saturated rings. The highest BCUT2D eigenvalue weighted by atomic mass is 79.9. The maximum absolute atomic E-state index is 14.5. The van der Waals surface area contributed by atoms with Gasteiger partial charge in [0.1, 0.15) is 58.8 Å². The number of phenolic OH excluding ortho intramolecular Hbond substituents is 1. The van der Waals surface area contributed by atoms with Gasteiger partial charge in [0.2, 0.25) is 17.7 Å². The van der Waals surface area contributed by atoms with E-state index in [2.05, 4.69) is 49.1 Å². The van der Waals surface area contributed by atoms with Crippen molar-refractivity contribution in [1.29, 1.82) is 0 Å². The first-order valence-corrected chi connectivity index (χ1v) is 30.0. The topological polar surface area (TPSA) is 345 Å². The van der Waals surface area contributed by atoms with Crippen LogP contribution in [-0.4, -0.2) is 176 Å². The molecule has 0 aromatic heterocycles. The van der Waals surface area contributed by atoms with Crippen molar-refractivity contribution in [2.45, 2.75) is 153 Å². The number of nitrogens with two attached hydrogens (primary N) is 1. The first-order valence-electron chi connectivity index (χ1n) is 28.5. The van der Waals surface area contributed by atoms with Gasteiger partial charge in [-0.05, 0) is 101 Å². The first kappa shape index (κ1) is 70.7. The normalized spacial score (nSPS) is 24.4. The van der Waals surface area contributed by atoms with E-state index in [1.807, 2.05) is 13.0 Å². The Morgan fingerprint density at radius 3 is 2.41 bits per heavy atom. The highest BCUT2D eigenvalue weighted by molar-refractivity contribution is 9.09. The summed E-state index contributed by atoms with van der Waals surface area (Å²) in [4.78, 5) is 122. The molecular weight excluding hydrogens is 1220 g/mol. The van der Waals surface area contributed by atoms with Gasteiger partial charge in [0, 0.05) is 56.6 Å². The van der Waals surface area contributed by atoms with E-state index in [1.165, 1.54) is 52.3 Å². The summed E-state index contributed by atoms with van der Waals surface area (Å²) in [5.74, 6) is -5.53. The lowest BCUT2D eigenvalue weighted by Gasteiger charge is -2.42. The maximum atomic E-state index is 14.5. The zero-order valence-electron chi connectivity index (χ0n) is 50.7. The number of anilines is 2. The lowest BCUT2D eigenvalue weighted by molar-refractivity contribution is -0.158. The summed E-state index contributed by atoms with van der Waals surface area (Å²) in [6.45, 7) is 13.9. The number of likely N-dealkylation sites (N-methyl/N-ethyl adjacent to an activating group) is 1. The number of fused-ring (bicyclic) bond motifs is 5. The Morgan fingerprint density at radius 2 is 1.78 bits per heavy atom. The number of aromatic hydroxyl groups is 1. The Kier molecular flexibility index (Phi) is 25.7. The number of carbonyl (C=O) groups excluding carboxylic acids is 9. The van der Waals surface area contributed by atoms with E-state index in [9.17, 15) is 53.4 Å². The third-order valence-electron chi connectivity index (χ3n) is 15.7. The van der Waals surface area contributed by atoms with Gasteiger partial charge in [-0.25, -0.2) is 19.2 Å². The first-order chi connectivity index (χ1) is 41.0. The fourth-order valence-electron chi connectivity index (χ4n) is 10.2. The van der Waals surface area contributed by atoms with Crippen molar-refractivity contribution < 1.29 is 81.8 Å². The summed E-state index contributed by atoms with van der Waals surface area (Å²) < 4.78 is 34.7. The Labute approximate surface area is 519 Å².